The minimum absolute atomic E-state index is 0.260. The summed E-state index contributed by atoms with van der Waals surface area (Å²) >= 11 is 1.86. The van der Waals surface area contributed by atoms with Crippen LogP contribution < -0.4 is 0 Å². The lowest BCUT2D eigenvalue weighted by molar-refractivity contribution is -0.107. The molecule has 0 amide bonds. The Kier molecular flexibility index (Phi) is 13.1. The highest BCUT2D eigenvalue weighted by Crippen LogP contribution is 2.18. The van der Waals surface area contributed by atoms with E-state index >= 15 is 0 Å². The Hall–Kier alpha value is 0.0200. The van der Waals surface area contributed by atoms with Gasteiger partial charge in [-0.15, -0.1) is 0 Å². The van der Waals surface area contributed by atoms with Gasteiger partial charge in [0, 0.05) is 0 Å². The number of carbonyl (C=O) groups is 1. The molecule has 0 aliphatic rings. The summed E-state index contributed by atoms with van der Waals surface area (Å²) in [5, 5.41) is 0.260. The Balaban J connectivity index is 3.24. The Labute approximate surface area is 106 Å². The molecule has 0 rings (SSSR count). The summed E-state index contributed by atoms with van der Waals surface area (Å²) in [5.74, 6) is 1.17. The largest absolute Gasteiger partial charge is 0.302 e. The van der Waals surface area contributed by atoms with Crippen LogP contribution in [0.15, 0.2) is 0 Å². The predicted molar refractivity (Wildman–Crippen MR) is 75.2 cm³/mol. The van der Waals surface area contributed by atoms with Crippen molar-refractivity contribution in [3.8, 4) is 0 Å². The van der Waals surface area contributed by atoms with Gasteiger partial charge in [-0.25, -0.2) is 0 Å². The molecule has 1 atom stereocenters. The van der Waals surface area contributed by atoms with Crippen molar-refractivity contribution in [2.45, 2.75) is 76.9 Å². The number of unbranched alkanes of at least 4 members (excludes halogenated alkanes) is 6. The van der Waals surface area contributed by atoms with Gasteiger partial charge in [0.05, 0.1) is 5.25 Å². The van der Waals surface area contributed by atoms with Crippen molar-refractivity contribution in [3.05, 3.63) is 0 Å². The van der Waals surface area contributed by atoms with Gasteiger partial charge in [-0.05, 0) is 18.6 Å². The monoisotopic (exact) mass is 244 g/mol. The molecule has 0 fully saturated rings. The Morgan fingerprint density at radius 2 is 1.56 bits per heavy atom. The molecule has 0 saturated heterocycles. The number of thioether (sulfide) groups is 1. The summed E-state index contributed by atoms with van der Waals surface area (Å²) in [6, 6.07) is 0. The first-order valence-corrected chi connectivity index (χ1v) is 7.96. The molecule has 1 nitrogen and oxygen atoms in total. The molecule has 0 saturated carbocycles. The van der Waals surface area contributed by atoms with Crippen molar-refractivity contribution in [3.63, 3.8) is 0 Å². The molecule has 0 spiro atoms. The number of aldehydes is 1. The topological polar surface area (TPSA) is 17.1 Å². The average Bonchev–Trinajstić information content (AvgIpc) is 2.32. The van der Waals surface area contributed by atoms with Gasteiger partial charge >= 0.3 is 0 Å². The normalized spacial score (nSPS) is 12.6. The third-order valence-electron chi connectivity index (χ3n) is 2.82. The van der Waals surface area contributed by atoms with Crippen LogP contribution in [0.1, 0.15) is 71.6 Å². The third-order valence-corrected chi connectivity index (χ3v) is 4.12. The second kappa shape index (κ2) is 13.1. The van der Waals surface area contributed by atoms with E-state index in [0.29, 0.717) is 0 Å². The summed E-state index contributed by atoms with van der Waals surface area (Å²) in [6.07, 6.45) is 12.7. The molecule has 0 bridgehead atoms. The van der Waals surface area contributed by atoms with E-state index in [1.807, 2.05) is 11.8 Å². The van der Waals surface area contributed by atoms with E-state index in [1.54, 1.807) is 0 Å². The van der Waals surface area contributed by atoms with Gasteiger partial charge < -0.3 is 4.79 Å². The first kappa shape index (κ1) is 16.0. The fourth-order valence-corrected chi connectivity index (χ4v) is 2.80. The smallest absolute Gasteiger partial charge is 0.132 e. The lowest BCUT2D eigenvalue weighted by Gasteiger charge is -2.08. The minimum atomic E-state index is 0.260. The van der Waals surface area contributed by atoms with Gasteiger partial charge in [0.1, 0.15) is 6.29 Å². The molecule has 2 heteroatoms. The lowest BCUT2D eigenvalue weighted by atomic mass is 10.1. The first-order chi connectivity index (χ1) is 7.85. The molecule has 0 radical (unpaired) electrons. The summed E-state index contributed by atoms with van der Waals surface area (Å²) in [7, 11) is 0. The maximum absolute atomic E-state index is 10.8. The average molecular weight is 244 g/mol. The molecule has 96 valence electrons. The maximum Gasteiger partial charge on any atom is 0.132 e. The van der Waals surface area contributed by atoms with E-state index in [1.165, 1.54) is 57.1 Å². The predicted octanol–water partition coefficient (Wildman–Crippen LogP) is 4.84. The molecular weight excluding hydrogens is 216 g/mol. The Bertz CT molecular complexity index is 148. The molecule has 0 aromatic carbocycles. The summed E-state index contributed by atoms with van der Waals surface area (Å²) in [5.41, 5.74) is 0. The molecule has 0 aromatic rings. The minimum Gasteiger partial charge on any atom is -0.302 e. The van der Waals surface area contributed by atoms with E-state index in [9.17, 15) is 4.79 Å². The first-order valence-electron chi connectivity index (χ1n) is 6.92. The quantitative estimate of drug-likeness (QED) is 0.361. The fourth-order valence-electron chi connectivity index (χ4n) is 1.71. The van der Waals surface area contributed by atoms with Gasteiger partial charge in [0.15, 0.2) is 0 Å². The van der Waals surface area contributed by atoms with Crippen LogP contribution in [0.3, 0.4) is 0 Å². The molecular formula is C14H28OS. The van der Waals surface area contributed by atoms with Crippen LogP contribution >= 0.6 is 11.8 Å². The Morgan fingerprint density at radius 1 is 0.938 bits per heavy atom. The summed E-state index contributed by atoms with van der Waals surface area (Å²) in [4.78, 5) is 10.8. The van der Waals surface area contributed by atoms with Crippen molar-refractivity contribution < 1.29 is 4.79 Å². The second-order valence-electron chi connectivity index (χ2n) is 4.46. The van der Waals surface area contributed by atoms with Gasteiger partial charge in [-0.2, -0.15) is 11.8 Å². The van der Waals surface area contributed by atoms with Crippen LogP contribution in [0.25, 0.3) is 0 Å². The highest BCUT2D eigenvalue weighted by molar-refractivity contribution is 8.00. The van der Waals surface area contributed by atoms with E-state index in [2.05, 4.69) is 13.8 Å². The molecule has 0 N–H and O–H groups in total. The van der Waals surface area contributed by atoms with Crippen LogP contribution in [-0.2, 0) is 4.79 Å². The molecule has 16 heavy (non-hydrogen) atoms. The fraction of sp³-hybridized carbons (Fsp3) is 0.929. The van der Waals surface area contributed by atoms with Crippen molar-refractivity contribution in [2.75, 3.05) is 5.75 Å². The molecule has 0 aromatic heterocycles. The van der Waals surface area contributed by atoms with Crippen molar-refractivity contribution in [1.82, 2.24) is 0 Å². The molecule has 0 aliphatic heterocycles. The lowest BCUT2D eigenvalue weighted by Crippen LogP contribution is -2.04. The van der Waals surface area contributed by atoms with E-state index in [4.69, 9.17) is 0 Å². The van der Waals surface area contributed by atoms with Gasteiger partial charge in [-0.1, -0.05) is 58.8 Å². The molecule has 0 heterocycles. The third kappa shape index (κ3) is 10.5. The van der Waals surface area contributed by atoms with Crippen LogP contribution in [0.5, 0.6) is 0 Å². The van der Waals surface area contributed by atoms with E-state index < -0.39 is 0 Å². The van der Waals surface area contributed by atoms with Gasteiger partial charge in [0.2, 0.25) is 0 Å². The zero-order valence-electron chi connectivity index (χ0n) is 11.0. The molecule has 0 aliphatic carbocycles. The van der Waals surface area contributed by atoms with Crippen LogP contribution in [0.2, 0.25) is 0 Å². The Morgan fingerprint density at radius 3 is 2.19 bits per heavy atom. The molecule has 1 unspecified atom stereocenters. The van der Waals surface area contributed by atoms with Crippen molar-refractivity contribution in [1.29, 1.82) is 0 Å². The van der Waals surface area contributed by atoms with Crippen LogP contribution in [0, 0.1) is 0 Å². The zero-order valence-corrected chi connectivity index (χ0v) is 11.9. The van der Waals surface area contributed by atoms with Crippen molar-refractivity contribution in [2.24, 2.45) is 0 Å². The van der Waals surface area contributed by atoms with Gasteiger partial charge in [-0.3, -0.25) is 0 Å². The SMILES string of the molecule is CCCCCCCCSC(C=O)CCCC. The summed E-state index contributed by atoms with van der Waals surface area (Å²) < 4.78 is 0. The summed E-state index contributed by atoms with van der Waals surface area (Å²) in [6.45, 7) is 4.43. The highest BCUT2D eigenvalue weighted by Gasteiger charge is 2.06. The van der Waals surface area contributed by atoms with E-state index in [-0.39, 0.29) is 5.25 Å². The number of rotatable bonds is 12. The van der Waals surface area contributed by atoms with E-state index in [0.717, 1.165) is 12.7 Å². The standard InChI is InChI=1S/C14H28OS/c1-3-5-7-8-9-10-12-16-14(13-15)11-6-4-2/h13-14H,3-12H2,1-2H3. The number of carbonyl (C=O) groups excluding carboxylic acids is 1. The van der Waals surface area contributed by atoms with Crippen LogP contribution in [0.4, 0.5) is 0 Å². The second-order valence-corrected chi connectivity index (χ2v) is 5.80. The number of hydrogen-bond acceptors (Lipinski definition) is 2. The number of hydrogen-bond donors (Lipinski definition) is 0. The maximum atomic E-state index is 10.8. The van der Waals surface area contributed by atoms with Gasteiger partial charge in [0.25, 0.3) is 0 Å². The van der Waals surface area contributed by atoms with Crippen molar-refractivity contribution >= 4 is 18.0 Å². The zero-order chi connectivity index (χ0) is 12.1. The highest BCUT2D eigenvalue weighted by atomic mass is 32.2. The van der Waals surface area contributed by atoms with Crippen LogP contribution in [-0.4, -0.2) is 17.3 Å².